The summed E-state index contributed by atoms with van der Waals surface area (Å²) in [5.41, 5.74) is -0.865. The van der Waals surface area contributed by atoms with Crippen molar-refractivity contribution in [1.29, 1.82) is 0 Å². The van der Waals surface area contributed by atoms with Crippen molar-refractivity contribution in [2.75, 3.05) is 0 Å². The second-order valence-electron chi connectivity index (χ2n) is 2.03. The molecule has 0 aromatic carbocycles. The van der Waals surface area contributed by atoms with Gasteiger partial charge in [0, 0.05) is 12.3 Å². The number of hydrogen-bond acceptors (Lipinski definition) is 3. The molecule has 13 heavy (non-hydrogen) atoms. The van der Waals surface area contributed by atoms with Crippen LogP contribution < -0.4 is 0 Å². The van der Waals surface area contributed by atoms with E-state index in [1.54, 1.807) is 0 Å². The monoisotopic (exact) mass is 203 g/mol. The molecular weight excluding hydrogens is 201 g/mol. The topological polar surface area (TPSA) is 25.2 Å². The van der Waals surface area contributed by atoms with Gasteiger partial charge in [-0.15, -0.1) is 0 Å². The first-order valence-electron chi connectivity index (χ1n) is 3.07. The molecule has 0 unspecified atom stereocenters. The average Bonchev–Trinajstić information content (AvgIpc) is 2.04. The van der Waals surface area contributed by atoms with Gasteiger partial charge in [0.15, 0.2) is 5.82 Å². The number of aromatic nitrogens is 1. The van der Waals surface area contributed by atoms with E-state index in [0.29, 0.717) is 6.20 Å². The molecule has 0 bridgehead atoms. The third-order valence-corrected chi connectivity index (χ3v) is 1.25. The first kappa shape index (κ1) is 9.83. The van der Waals surface area contributed by atoms with Gasteiger partial charge in [0.1, 0.15) is 0 Å². The first-order chi connectivity index (χ1) is 6.04. The minimum absolute atomic E-state index is 0.0111. The van der Waals surface area contributed by atoms with Crippen molar-refractivity contribution in [3.63, 3.8) is 0 Å². The molecule has 0 aliphatic heterocycles. The van der Waals surface area contributed by atoms with E-state index < -0.39 is 11.7 Å². The summed E-state index contributed by atoms with van der Waals surface area (Å²) < 4.78 is 35.9. The van der Waals surface area contributed by atoms with E-state index >= 15 is 0 Å². The molecule has 0 N–H and O–H groups in total. The molecule has 1 aromatic heterocycles. The predicted octanol–water partition coefficient (Wildman–Crippen LogP) is 2.63. The van der Waals surface area contributed by atoms with Gasteiger partial charge in [-0.2, -0.15) is 18.2 Å². The summed E-state index contributed by atoms with van der Waals surface area (Å²) >= 11 is 4.24. The van der Waals surface area contributed by atoms with Crippen molar-refractivity contribution in [3.8, 4) is 0 Å². The number of thiocarbonyl (C=S) groups is 1. The summed E-state index contributed by atoms with van der Waals surface area (Å²) in [5.74, 6) is -0.0111. The molecule has 6 heteroatoms. The van der Waals surface area contributed by atoms with Crippen molar-refractivity contribution in [1.82, 2.24) is 4.98 Å². The number of alkyl halides is 3. The van der Waals surface area contributed by atoms with E-state index in [1.807, 2.05) is 5.16 Å². The number of pyridine rings is 1. The maximum absolute atomic E-state index is 12.0. The summed E-state index contributed by atoms with van der Waals surface area (Å²) in [5, 5.41) is 1.98. The van der Waals surface area contributed by atoms with Crippen LogP contribution in [0, 0.1) is 6.07 Å². The lowest BCUT2D eigenvalue weighted by atomic mass is 10.3. The number of rotatable bonds is 1. The zero-order chi connectivity index (χ0) is 9.90. The Kier molecular flexibility index (Phi) is 2.75. The maximum Gasteiger partial charge on any atom is 0.417 e. The molecule has 1 aromatic rings. The highest BCUT2D eigenvalue weighted by molar-refractivity contribution is 7.78. The summed E-state index contributed by atoms with van der Waals surface area (Å²) in [4.78, 5) is 6.72. The number of isothiocyanates is 1. The summed E-state index contributed by atoms with van der Waals surface area (Å²) in [6.45, 7) is 0. The Bertz CT molecular complexity index is 338. The molecule has 0 aliphatic carbocycles. The Morgan fingerprint density at radius 2 is 2.23 bits per heavy atom. The van der Waals surface area contributed by atoms with E-state index in [0.717, 1.165) is 6.07 Å². The molecule has 0 fully saturated rings. The van der Waals surface area contributed by atoms with Crippen LogP contribution >= 0.6 is 12.2 Å². The van der Waals surface area contributed by atoms with Crippen LogP contribution in [0.3, 0.4) is 0 Å². The van der Waals surface area contributed by atoms with Gasteiger partial charge in [0.2, 0.25) is 0 Å². The van der Waals surface area contributed by atoms with Crippen molar-refractivity contribution in [2.24, 2.45) is 4.99 Å². The Morgan fingerprint density at radius 1 is 1.54 bits per heavy atom. The minimum Gasteiger partial charge on any atom is -0.235 e. The molecular formula is C7H2F3N2S. The van der Waals surface area contributed by atoms with E-state index in [2.05, 4.69) is 28.3 Å². The van der Waals surface area contributed by atoms with Gasteiger partial charge in [-0.3, -0.25) is 0 Å². The highest BCUT2D eigenvalue weighted by Crippen LogP contribution is 2.28. The average molecular weight is 203 g/mol. The van der Waals surface area contributed by atoms with Gasteiger partial charge in [0.05, 0.1) is 10.7 Å². The summed E-state index contributed by atoms with van der Waals surface area (Å²) in [7, 11) is 0. The van der Waals surface area contributed by atoms with E-state index in [1.165, 1.54) is 0 Å². The molecule has 0 saturated heterocycles. The fourth-order valence-electron chi connectivity index (χ4n) is 0.607. The SMILES string of the molecule is FC(F)(F)c1c[c]c(N=C=S)nc1. The molecule has 0 amide bonds. The molecule has 1 radical (unpaired) electrons. The highest BCUT2D eigenvalue weighted by Gasteiger charge is 2.30. The molecule has 0 spiro atoms. The normalized spacial score (nSPS) is 10.7. The lowest BCUT2D eigenvalue weighted by molar-refractivity contribution is -0.137. The zero-order valence-electron chi connectivity index (χ0n) is 6.09. The van der Waals surface area contributed by atoms with Crippen molar-refractivity contribution in [2.45, 2.75) is 6.18 Å². The number of hydrogen-bond donors (Lipinski definition) is 0. The largest absolute Gasteiger partial charge is 0.417 e. The molecule has 0 aliphatic rings. The molecule has 67 valence electrons. The van der Waals surface area contributed by atoms with Crippen LogP contribution in [0.1, 0.15) is 5.56 Å². The van der Waals surface area contributed by atoms with Gasteiger partial charge < -0.3 is 0 Å². The van der Waals surface area contributed by atoms with E-state index in [-0.39, 0.29) is 5.82 Å². The van der Waals surface area contributed by atoms with Crippen LogP contribution in [0.15, 0.2) is 17.3 Å². The number of halogens is 3. The highest BCUT2D eigenvalue weighted by atomic mass is 32.1. The fourth-order valence-corrected chi connectivity index (χ4v) is 0.693. The minimum atomic E-state index is -4.40. The second-order valence-corrected chi connectivity index (χ2v) is 2.21. The molecule has 2 nitrogen and oxygen atoms in total. The fraction of sp³-hybridized carbons (Fsp3) is 0.143. The second kappa shape index (κ2) is 3.64. The van der Waals surface area contributed by atoms with Gasteiger partial charge in [-0.25, -0.2) is 4.98 Å². The van der Waals surface area contributed by atoms with Crippen LogP contribution in [0.4, 0.5) is 19.0 Å². The van der Waals surface area contributed by atoms with Crippen molar-refractivity contribution in [3.05, 3.63) is 23.9 Å². The molecule has 0 atom stereocenters. The first-order valence-corrected chi connectivity index (χ1v) is 3.47. The molecule has 0 saturated carbocycles. The van der Waals surface area contributed by atoms with E-state index in [9.17, 15) is 13.2 Å². The maximum atomic E-state index is 12.0. The lowest BCUT2D eigenvalue weighted by Crippen LogP contribution is -2.04. The third kappa shape index (κ3) is 2.61. The standard InChI is InChI=1S/C7H2F3N2S/c8-7(9,10)5-1-2-6(11-3-5)12-4-13/h1,3H. The predicted molar refractivity (Wildman–Crippen MR) is 42.8 cm³/mol. The van der Waals surface area contributed by atoms with Gasteiger partial charge in [0.25, 0.3) is 0 Å². The zero-order valence-corrected chi connectivity index (χ0v) is 6.91. The number of aliphatic imine (C=N–C) groups is 1. The Morgan fingerprint density at radius 3 is 2.62 bits per heavy atom. The summed E-state index contributed by atoms with van der Waals surface area (Å²) in [6.07, 6.45) is -3.73. The quantitative estimate of drug-likeness (QED) is 0.517. The van der Waals surface area contributed by atoms with Gasteiger partial charge >= 0.3 is 6.18 Å². The van der Waals surface area contributed by atoms with Crippen molar-refractivity contribution < 1.29 is 13.2 Å². The van der Waals surface area contributed by atoms with Crippen LogP contribution in [-0.4, -0.2) is 10.1 Å². The van der Waals surface area contributed by atoms with Gasteiger partial charge in [-0.05, 0) is 18.3 Å². The Labute approximate surface area is 77.1 Å². The van der Waals surface area contributed by atoms with Crippen LogP contribution in [0.2, 0.25) is 0 Å². The van der Waals surface area contributed by atoms with E-state index in [4.69, 9.17) is 0 Å². The Balaban J connectivity index is 3.00. The smallest absolute Gasteiger partial charge is 0.235 e. The van der Waals surface area contributed by atoms with Crippen LogP contribution in [0.5, 0.6) is 0 Å². The lowest BCUT2D eigenvalue weighted by Gasteiger charge is -2.04. The van der Waals surface area contributed by atoms with Crippen LogP contribution in [0.25, 0.3) is 0 Å². The van der Waals surface area contributed by atoms with Gasteiger partial charge in [-0.1, -0.05) is 0 Å². The Hall–Kier alpha value is -1.26. The summed E-state index contributed by atoms with van der Waals surface area (Å²) in [6, 6.07) is 2.98. The van der Waals surface area contributed by atoms with Crippen LogP contribution in [-0.2, 0) is 6.18 Å². The molecule has 1 heterocycles. The molecule has 1 rings (SSSR count). The number of nitrogens with zero attached hydrogens (tertiary/aromatic N) is 2. The van der Waals surface area contributed by atoms with Crippen molar-refractivity contribution >= 4 is 23.2 Å². The third-order valence-electron chi connectivity index (χ3n) is 1.16.